The lowest BCUT2D eigenvalue weighted by Crippen LogP contribution is -2.35. The third kappa shape index (κ3) is 2.54. The molecule has 0 N–H and O–H groups in total. The largest absolute Gasteiger partial charge is 0.328 e. The number of amides is 1. The van der Waals surface area contributed by atoms with Gasteiger partial charge < -0.3 is 4.90 Å². The highest BCUT2D eigenvalue weighted by Crippen LogP contribution is 2.37. The van der Waals surface area contributed by atoms with Crippen molar-refractivity contribution in [2.24, 2.45) is 0 Å². The SMILES string of the molecule is C[C@H]1CC[C@H](c2ccccc2)N1C(=O)c1cc(Br)cs1. The fourth-order valence-electron chi connectivity index (χ4n) is 2.88. The van der Waals surface area contributed by atoms with Gasteiger partial charge in [-0.2, -0.15) is 0 Å². The Morgan fingerprint density at radius 3 is 2.70 bits per heavy atom. The van der Waals surface area contributed by atoms with Gasteiger partial charge in [-0.1, -0.05) is 30.3 Å². The normalized spacial score (nSPS) is 22.2. The van der Waals surface area contributed by atoms with Gasteiger partial charge in [0, 0.05) is 15.9 Å². The van der Waals surface area contributed by atoms with Crippen LogP contribution in [0.4, 0.5) is 0 Å². The summed E-state index contributed by atoms with van der Waals surface area (Å²) in [5, 5.41) is 1.96. The van der Waals surface area contributed by atoms with Crippen molar-refractivity contribution >= 4 is 33.2 Å². The molecule has 1 aliphatic rings. The van der Waals surface area contributed by atoms with Crippen LogP contribution >= 0.6 is 27.3 Å². The van der Waals surface area contributed by atoms with Crippen LogP contribution in [0.5, 0.6) is 0 Å². The Kier molecular flexibility index (Phi) is 3.94. The van der Waals surface area contributed by atoms with Crippen LogP contribution in [0.2, 0.25) is 0 Å². The van der Waals surface area contributed by atoms with Gasteiger partial charge in [-0.25, -0.2) is 0 Å². The fourth-order valence-corrected chi connectivity index (χ4v) is 4.25. The van der Waals surface area contributed by atoms with Gasteiger partial charge in [0.25, 0.3) is 5.91 Å². The van der Waals surface area contributed by atoms with E-state index >= 15 is 0 Å². The fraction of sp³-hybridized carbons (Fsp3) is 0.312. The topological polar surface area (TPSA) is 20.3 Å². The number of hydrogen-bond acceptors (Lipinski definition) is 2. The summed E-state index contributed by atoms with van der Waals surface area (Å²) in [5.74, 6) is 0.152. The molecule has 2 heterocycles. The lowest BCUT2D eigenvalue weighted by molar-refractivity contribution is 0.0683. The third-order valence-electron chi connectivity index (χ3n) is 3.87. The molecule has 0 spiro atoms. The number of carbonyl (C=O) groups excluding carboxylic acids is 1. The van der Waals surface area contributed by atoms with Crippen molar-refractivity contribution in [3.05, 3.63) is 56.7 Å². The minimum atomic E-state index is 0.152. The maximum Gasteiger partial charge on any atom is 0.264 e. The number of thiophene rings is 1. The molecule has 2 nitrogen and oxygen atoms in total. The average Bonchev–Trinajstić information content (AvgIpc) is 3.05. The molecule has 1 fully saturated rings. The summed E-state index contributed by atoms with van der Waals surface area (Å²) in [7, 11) is 0. The second-order valence-electron chi connectivity index (χ2n) is 5.19. The number of rotatable bonds is 2. The molecule has 2 atom stereocenters. The molecule has 104 valence electrons. The Labute approximate surface area is 131 Å². The predicted octanol–water partition coefficient (Wildman–Crippen LogP) is 4.88. The first-order valence-electron chi connectivity index (χ1n) is 6.78. The van der Waals surface area contributed by atoms with Crippen LogP contribution in [-0.4, -0.2) is 16.8 Å². The van der Waals surface area contributed by atoms with E-state index in [0.717, 1.165) is 22.2 Å². The van der Waals surface area contributed by atoms with Gasteiger partial charge in [0.05, 0.1) is 10.9 Å². The van der Waals surface area contributed by atoms with Crippen molar-refractivity contribution in [3.8, 4) is 0 Å². The van der Waals surface area contributed by atoms with Crippen LogP contribution in [0, 0.1) is 0 Å². The lowest BCUT2D eigenvalue weighted by Gasteiger charge is -2.28. The van der Waals surface area contributed by atoms with E-state index in [1.54, 1.807) is 0 Å². The second-order valence-corrected chi connectivity index (χ2v) is 7.02. The first kappa shape index (κ1) is 13.8. The molecule has 3 rings (SSSR count). The first-order chi connectivity index (χ1) is 9.66. The molecule has 1 aromatic heterocycles. The molecular weight excluding hydrogens is 334 g/mol. The van der Waals surface area contributed by atoms with E-state index < -0.39 is 0 Å². The zero-order valence-corrected chi connectivity index (χ0v) is 13.7. The first-order valence-corrected chi connectivity index (χ1v) is 8.45. The second kappa shape index (κ2) is 5.70. The highest BCUT2D eigenvalue weighted by atomic mass is 79.9. The summed E-state index contributed by atoms with van der Waals surface area (Å²) < 4.78 is 0.981. The maximum atomic E-state index is 12.8. The highest BCUT2D eigenvalue weighted by Gasteiger charge is 2.36. The summed E-state index contributed by atoms with van der Waals surface area (Å²) >= 11 is 4.93. The van der Waals surface area contributed by atoms with Gasteiger partial charge in [0.2, 0.25) is 0 Å². The smallest absolute Gasteiger partial charge is 0.264 e. The van der Waals surface area contributed by atoms with Crippen molar-refractivity contribution in [3.63, 3.8) is 0 Å². The van der Waals surface area contributed by atoms with Crippen LogP contribution in [0.15, 0.2) is 46.3 Å². The Morgan fingerprint density at radius 2 is 2.05 bits per heavy atom. The average molecular weight is 350 g/mol. The van der Waals surface area contributed by atoms with E-state index in [4.69, 9.17) is 0 Å². The van der Waals surface area contributed by atoms with Crippen LogP contribution in [0.3, 0.4) is 0 Å². The van der Waals surface area contributed by atoms with E-state index in [1.807, 2.05) is 34.5 Å². The van der Waals surface area contributed by atoms with E-state index in [1.165, 1.54) is 16.9 Å². The summed E-state index contributed by atoms with van der Waals surface area (Å²) in [4.78, 5) is 15.6. The van der Waals surface area contributed by atoms with Crippen molar-refractivity contribution in [2.45, 2.75) is 31.8 Å². The molecule has 1 saturated heterocycles. The monoisotopic (exact) mass is 349 g/mol. The molecular formula is C16H16BrNOS. The highest BCUT2D eigenvalue weighted by molar-refractivity contribution is 9.10. The van der Waals surface area contributed by atoms with Crippen LogP contribution in [0.25, 0.3) is 0 Å². The molecule has 2 aromatic rings. The quantitative estimate of drug-likeness (QED) is 0.756. The molecule has 0 saturated carbocycles. The van der Waals surface area contributed by atoms with Gasteiger partial charge in [-0.3, -0.25) is 4.79 Å². The summed E-state index contributed by atoms with van der Waals surface area (Å²) in [5.41, 5.74) is 1.24. The zero-order valence-electron chi connectivity index (χ0n) is 11.3. The van der Waals surface area contributed by atoms with Gasteiger partial charge in [-0.15, -0.1) is 11.3 Å². The standard InChI is InChI=1S/C16H16BrNOS/c1-11-7-8-14(12-5-3-2-4-6-12)18(11)16(19)15-9-13(17)10-20-15/h2-6,9-11,14H,7-8H2,1H3/t11-,14+/m0/s1. The summed E-state index contributed by atoms with van der Waals surface area (Å²) in [6, 6.07) is 12.8. The molecule has 1 aromatic carbocycles. The number of halogens is 1. The molecule has 4 heteroatoms. The number of benzene rings is 1. The summed E-state index contributed by atoms with van der Waals surface area (Å²) in [6.07, 6.45) is 2.11. The van der Waals surface area contributed by atoms with Gasteiger partial charge in [0.15, 0.2) is 0 Å². The number of nitrogens with zero attached hydrogens (tertiary/aromatic N) is 1. The number of hydrogen-bond donors (Lipinski definition) is 0. The van der Waals surface area contributed by atoms with Crippen LogP contribution < -0.4 is 0 Å². The van der Waals surface area contributed by atoms with Gasteiger partial charge in [-0.05, 0) is 47.3 Å². The van der Waals surface area contributed by atoms with Crippen molar-refractivity contribution in [2.75, 3.05) is 0 Å². The molecule has 0 bridgehead atoms. The van der Waals surface area contributed by atoms with E-state index in [-0.39, 0.29) is 11.9 Å². The molecule has 1 aliphatic heterocycles. The van der Waals surface area contributed by atoms with Crippen molar-refractivity contribution in [1.29, 1.82) is 0 Å². The Balaban J connectivity index is 1.91. The van der Waals surface area contributed by atoms with Gasteiger partial charge >= 0.3 is 0 Å². The van der Waals surface area contributed by atoms with Crippen molar-refractivity contribution < 1.29 is 4.79 Å². The summed E-state index contributed by atoms with van der Waals surface area (Å²) in [6.45, 7) is 2.14. The van der Waals surface area contributed by atoms with Crippen LogP contribution in [-0.2, 0) is 0 Å². The zero-order chi connectivity index (χ0) is 14.1. The van der Waals surface area contributed by atoms with E-state index in [0.29, 0.717) is 6.04 Å². The Hall–Kier alpha value is -1.13. The number of carbonyl (C=O) groups is 1. The van der Waals surface area contributed by atoms with E-state index in [2.05, 4.69) is 35.0 Å². The molecule has 0 unspecified atom stereocenters. The van der Waals surface area contributed by atoms with Gasteiger partial charge in [0.1, 0.15) is 0 Å². The minimum Gasteiger partial charge on any atom is -0.328 e. The van der Waals surface area contributed by atoms with Crippen molar-refractivity contribution in [1.82, 2.24) is 4.90 Å². The minimum absolute atomic E-state index is 0.152. The Bertz CT molecular complexity index is 610. The molecule has 0 aliphatic carbocycles. The predicted molar refractivity (Wildman–Crippen MR) is 86.1 cm³/mol. The maximum absolute atomic E-state index is 12.8. The number of likely N-dealkylation sites (tertiary alicyclic amines) is 1. The molecule has 20 heavy (non-hydrogen) atoms. The molecule has 1 amide bonds. The molecule has 0 radical (unpaired) electrons. The van der Waals surface area contributed by atoms with E-state index in [9.17, 15) is 4.79 Å². The lowest BCUT2D eigenvalue weighted by atomic mass is 10.0. The Morgan fingerprint density at radius 1 is 1.30 bits per heavy atom. The van der Waals surface area contributed by atoms with Crippen LogP contribution in [0.1, 0.15) is 41.0 Å². The third-order valence-corrected chi connectivity index (χ3v) is 5.54.